The third kappa shape index (κ3) is 9.11. The third-order valence-electron chi connectivity index (χ3n) is 6.17. The summed E-state index contributed by atoms with van der Waals surface area (Å²) in [5.41, 5.74) is 4.65. The van der Waals surface area contributed by atoms with Crippen molar-refractivity contribution >= 4 is 17.7 Å². The average Bonchev–Trinajstić information content (AvgIpc) is 2.90. The number of hydrogen-bond donors (Lipinski definition) is 1. The maximum absolute atomic E-state index is 10.8. The molecule has 0 bridgehead atoms. The molecule has 0 aliphatic carbocycles. The molecule has 0 amide bonds. The molecule has 1 aliphatic rings. The molecule has 0 atom stereocenters. The first-order chi connectivity index (χ1) is 18.0. The molecule has 1 saturated heterocycles. The van der Waals surface area contributed by atoms with Crippen molar-refractivity contribution in [3.8, 4) is 11.5 Å². The van der Waals surface area contributed by atoms with Gasteiger partial charge in [0, 0.05) is 30.3 Å². The van der Waals surface area contributed by atoms with Crippen molar-refractivity contribution in [3.63, 3.8) is 0 Å². The van der Waals surface area contributed by atoms with E-state index in [4.69, 9.17) is 19.3 Å². The molecule has 1 fully saturated rings. The van der Waals surface area contributed by atoms with Crippen molar-refractivity contribution in [3.05, 3.63) is 89.0 Å². The Morgan fingerprint density at radius 1 is 0.973 bits per heavy atom. The highest BCUT2D eigenvalue weighted by molar-refractivity contribution is 7.98. The zero-order valence-electron chi connectivity index (χ0n) is 21.4. The number of rotatable bonds is 13. The number of benzene rings is 3. The molecule has 1 aliphatic heterocycles. The Hall–Kier alpha value is -3.00. The van der Waals surface area contributed by atoms with E-state index < -0.39 is 5.97 Å². The average molecular weight is 522 g/mol. The minimum absolute atomic E-state index is 0.337. The lowest BCUT2D eigenvalue weighted by molar-refractivity contribution is -0.139. The van der Waals surface area contributed by atoms with Crippen molar-refractivity contribution in [1.29, 1.82) is 0 Å². The summed E-state index contributed by atoms with van der Waals surface area (Å²) < 4.78 is 17.0. The fourth-order valence-corrected chi connectivity index (χ4v) is 5.24. The van der Waals surface area contributed by atoms with Crippen LogP contribution in [0.15, 0.2) is 71.6 Å². The fraction of sp³-hybridized carbons (Fsp3) is 0.367. The molecule has 0 saturated carbocycles. The molecule has 4 rings (SSSR count). The zero-order chi connectivity index (χ0) is 25.9. The van der Waals surface area contributed by atoms with Gasteiger partial charge in [0.1, 0.15) is 11.5 Å². The van der Waals surface area contributed by atoms with Crippen molar-refractivity contribution in [2.45, 2.75) is 30.4 Å². The first kappa shape index (κ1) is 27.0. The number of carboxylic acids is 1. The van der Waals surface area contributed by atoms with Gasteiger partial charge in [-0.1, -0.05) is 36.4 Å². The summed E-state index contributed by atoms with van der Waals surface area (Å²) in [7, 11) is 0. The van der Waals surface area contributed by atoms with Gasteiger partial charge < -0.3 is 19.3 Å². The van der Waals surface area contributed by atoms with Gasteiger partial charge in [-0.05, 0) is 72.4 Å². The van der Waals surface area contributed by atoms with Crippen molar-refractivity contribution < 1.29 is 24.1 Å². The van der Waals surface area contributed by atoms with Crippen molar-refractivity contribution in [1.82, 2.24) is 4.90 Å². The number of carboxylic acid groups (broad SMARTS) is 1. The predicted molar refractivity (Wildman–Crippen MR) is 147 cm³/mol. The van der Waals surface area contributed by atoms with Crippen LogP contribution in [0.3, 0.4) is 0 Å². The van der Waals surface area contributed by atoms with Crippen molar-refractivity contribution in [2.24, 2.45) is 0 Å². The van der Waals surface area contributed by atoms with E-state index >= 15 is 0 Å². The van der Waals surface area contributed by atoms with Crippen LogP contribution in [0.1, 0.15) is 28.7 Å². The number of hydrogen-bond acceptors (Lipinski definition) is 6. The van der Waals surface area contributed by atoms with Crippen LogP contribution in [-0.4, -0.2) is 62.0 Å². The van der Waals surface area contributed by atoms with E-state index in [0.29, 0.717) is 12.4 Å². The number of carbonyl (C=O) groups is 1. The monoisotopic (exact) mass is 521 g/mol. The van der Waals surface area contributed by atoms with Crippen LogP contribution >= 0.6 is 11.8 Å². The van der Waals surface area contributed by atoms with E-state index in [9.17, 15) is 4.79 Å². The van der Waals surface area contributed by atoms with Gasteiger partial charge in [0.15, 0.2) is 6.61 Å². The van der Waals surface area contributed by atoms with Gasteiger partial charge in [0.25, 0.3) is 0 Å². The van der Waals surface area contributed by atoms with Crippen LogP contribution in [0, 0.1) is 6.92 Å². The van der Waals surface area contributed by atoms with Gasteiger partial charge in [-0.3, -0.25) is 4.90 Å². The van der Waals surface area contributed by atoms with Gasteiger partial charge in [-0.25, -0.2) is 4.79 Å². The fourth-order valence-electron chi connectivity index (χ4n) is 4.31. The second kappa shape index (κ2) is 14.1. The molecule has 196 valence electrons. The molecule has 7 heteroatoms. The maximum Gasteiger partial charge on any atom is 0.341 e. The van der Waals surface area contributed by atoms with Gasteiger partial charge in [0.05, 0.1) is 19.8 Å². The summed E-state index contributed by atoms with van der Waals surface area (Å²) in [5.74, 6) is 1.35. The standard InChI is InChI=1S/C30H35NO5S/c1-23-16-28(8-9-29(23)36-21-30(32)33)37-22-26-18-25(17-24-6-3-2-4-7-24)19-27(20-26)35-13-5-10-31-11-14-34-15-12-31/h2-4,6-9,16,18-20H,5,10-15,17,21-22H2,1H3,(H,32,33). The zero-order valence-corrected chi connectivity index (χ0v) is 22.2. The summed E-state index contributed by atoms with van der Waals surface area (Å²) in [4.78, 5) is 14.3. The van der Waals surface area contributed by atoms with Crippen LogP contribution in [0.5, 0.6) is 11.5 Å². The number of aryl methyl sites for hydroxylation is 1. The highest BCUT2D eigenvalue weighted by Gasteiger charge is 2.10. The normalized spacial score (nSPS) is 13.9. The van der Waals surface area contributed by atoms with E-state index in [1.54, 1.807) is 11.8 Å². The number of ether oxygens (including phenoxy) is 3. The number of nitrogens with zero attached hydrogens (tertiary/aromatic N) is 1. The van der Waals surface area contributed by atoms with Gasteiger partial charge in [0.2, 0.25) is 0 Å². The third-order valence-corrected chi connectivity index (χ3v) is 7.24. The first-order valence-corrected chi connectivity index (χ1v) is 13.7. The first-order valence-electron chi connectivity index (χ1n) is 12.7. The Balaban J connectivity index is 1.39. The van der Waals surface area contributed by atoms with Crippen LogP contribution in [0.25, 0.3) is 0 Å². The highest BCUT2D eigenvalue weighted by atomic mass is 32.2. The Labute approximate surface area is 223 Å². The lowest BCUT2D eigenvalue weighted by Gasteiger charge is -2.26. The molecule has 37 heavy (non-hydrogen) atoms. The molecule has 3 aromatic carbocycles. The molecule has 3 aromatic rings. The molecule has 0 aromatic heterocycles. The van der Waals surface area contributed by atoms with Crippen LogP contribution in [0.2, 0.25) is 0 Å². The molecular weight excluding hydrogens is 486 g/mol. The van der Waals surface area contributed by atoms with E-state index in [1.807, 2.05) is 31.2 Å². The second-order valence-electron chi connectivity index (χ2n) is 9.20. The Morgan fingerprint density at radius 2 is 1.76 bits per heavy atom. The molecule has 1 heterocycles. The van der Waals surface area contributed by atoms with Gasteiger partial charge in [-0.15, -0.1) is 11.8 Å². The van der Waals surface area contributed by atoms with Crippen LogP contribution < -0.4 is 9.47 Å². The Bertz CT molecular complexity index is 1150. The molecular formula is C30H35NO5S. The lowest BCUT2D eigenvalue weighted by atomic mass is 10.0. The highest BCUT2D eigenvalue weighted by Crippen LogP contribution is 2.30. The smallest absolute Gasteiger partial charge is 0.341 e. The van der Waals surface area contributed by atoms with Gasteiger partial charge in [-0.2, -0.15) is 0 Å². The number of thioether (sulfide) groups is 1. The van der Waals surface area contributed by atoms with Crippen molar-refractivity contribution in [2.75, 3.05) is 46.1 Å². The topological polar surface area (TPSA) is 68.2 Å². The lowest BCUT2D eigenvalue weighted by Crippen LogP contribution is -2.37. The minimum Gasteiger partial charge on any atom is -0.494 e. The summed E-state index contributed by atoms with van der Waals surface area (Å²) >= 11 is 1.75. The summed E-state index contributed by atoms with van der Waals surface area (Å²) in [6, 6.07) is 22.9. The molecule has 0 unspecified atom stereocenters. The molecule has 1 N–H and O–H groups in total. The van der Waals surface area contributed by atoms with Crippen LogP contribution in [0.4, 0.5) is 0 Å². The van der Waals surface area contributed by atoms with E-state index in [0.717, 1.165) is 67.7 Å². The largest absolute Gasteiger partial charge is 0.494 e. The minimum atomic E-state index is -0.979. The SMILES string of the molecule is Cc1cc(SCc2cc(Cc3ccccc3)cc(OCCCN3CCOCC3)c2)ccc1OCC(=O)O. The summed E-state index contributed by atoms with van der Waals surface area (Å²) in [6.45, 7) is 6.96. The predicted octanol–water partition coefficient (Wildman–Crippen LogP) is 5.44. The molecule has 0 radical (unpaired) electrons. The van der Waals surface area contributed by atoms with E-state index in [1.165, 1.54) is 16.7 Å². The summed E-state index contributed by atoms with van der Waals surface area (Å²) in [6.07, 6.45) is 1.85. The van der Waals surface area contributed by atoms with Gasteiger partial charge >= 0.3 is 5.97 Å². The second-order valence-corrected chi connectivity index (χ2v) is 10.3. The quantitative estimate of drug-likeness (QED) is 0.237. The molecule has 0 spiro atoms. The Kier molecular flexibility index (Phi) is 10.3. The van der Waals surface area contributed by atoms with Crippen LogP contribution in [-0.2, 0) is 21.7 Å². The Morgan fingerprint density at radius 3 is 2.51 bits per heavy atom. The summed E-state index contributed by atoms with van der Waals surface area (Å²) in [5, 5.41) is 8.85. The van der Waals surface area contributed by atoms with E-state index in [-0.39, 0.29) is 6.61 Å². The number of aliphatic carboxylic acids is 1. The number of morpholine rings is 1. The molecule has 6 nitrogen and oxygen atoms in total. The van der Waals surface area contributed by atoms with E-state index in [2.05, 4.69) is 47.4 Å². The maximum atomic E-state index is 10.8.